The standard InChI is InChI=1S/C16H18BrN3O3/c1-16(2,3)20-9-11(8-18-20)14(21)19-13(15(22)23)10-4-6-12(17)7-5-10/h4-9,13H,1-3H3,(H,19,21)(H,22,23). The lowest BCUT2D eigenvalue weighted by Crippen LogP contribution is -2.33. The summed E-state index contributed by atoms with van der Waals surface area (Å²) in [6.45, 7) is 5.89. The third-order valence-corrected chi connectivity index (χ3v) is 3.79. The highest BCUT2D eigenvalue weighted by Gasteiger charge is 2.24. The zero-order valence-electron chi connectivity index (χ0n) is 13.1. The lowest BCUT2D eigenvalue weighted by molar-refractivity contribution is -0.139. The van der Waals surface area contributed by atoms with Crippen LogP contribution in [0.25, 0.3) is 0 Å². The molecule has 1 aromatic carbocycles. The zero-order chi connectivity index (χ0) is 17.2. The first-order valence-electron chi connectivity index (χ1n) is 7.03. The number of nitrogens with one attached hydrogen (secondary N) is 1. The molecule has 1 unspecified atom stereocenters. The van der Waals surface area contributed by atoms with E-state index >= 15 is 0 Å². The molecule has 0 saturated carbocycles. The Bertz CT molecular complexity index is 717. The molecular weight excluding hydrogens is 362 g/mol. The maximum Gasteiger partial charge on any atom is 0.330 e. The van der Waals surface area contributed by atoms with Crippen molar-refractivity contribution in [2.75, 3.05) is 0 Å². The molecule has 2 aromatic rings. The van der Waals surface area contributed by atoms with Crippen LogP contribution in [0.4, 0.5) is 0 Å². The fraction of sp³-hybridized carbons (Fsp3) is 0.312. The molecule has 7 heteroatoms. The average molecular weight is 380 g/mol. The van der Waals surface area contributed by atoms with Crippen molar-refractivity contribution in [3.05, 3.63) is 52.3 Å². The molecule has 0 aliphatic rings. The Labute approximate surface area is 142 Å². The van der Waals surface area contributed by atoms with Gasteiger partial charge in [-0.05, 0) is 38.5 Å². The van der Waals surface area contributed by atoms with Crippen molar-refractivity contribution in [2.45, 2.75) is 32.4 Å². The van der Waals surface area contributed by atoms with Crippen LogP contribution in [-0.4, -0.2) is 26.8 Å². The molecule has 0 radical (unpaired) electrons. The number of halogens is 1. The summed E-state index contributed by atoms with van der Waals surface area (Å²) in [5.41, 5.74) is 0.566. The molecular formula is C16H18BrN3O3. The second-order valence-corrected chi connectivity index (χ2v) is 7.06. The number of carbonyl (C=O) groups is 2. The number of aliphatic carboxylic acids is 1. The predicted molar refractivity (Wildman–Crippen MR) is 89.2 cm³/mol. The van der Waals surface area contributed by atoms with Gasteiger partial charge in [-0.15, -0.1) is 0 Å². The third kappa shape index (κ3) is 4.19. The fourth-order valence-electron chi connectivity index (χ4n) is 1.96. The number of aromatic nitrogens is 2. The number of amides is 1. The quantitative estimate of drug-likeness (QED) is 0.854. The maximum absolute atomic E-state index is 12.3. The van der Waals surface area contributed by atoms with Crippen LogP contribution in [0.1, 0.15) is 42.7 Å². The van der Waals surface area contributed by atoms with Gasteiger partial charge in [0.2, 0.25) is 0 Å². The highest BCUT2D eigenvalue weighted by molar-refractivity contribution is 9.10. The summed E-state index contributed by atoms with van der Waals surface area (Å²) >= 11 is 3.29. The van der Waals surface area contributed by atoms with Crippen molar-refractivity contribution < 1.29 is 14.7 Å². The van der Waals surface area contributed by atoms with E-state index in [0.29, 0.717) is 11.1 Å². The van der Waals surface area contributed by atoms with Crippen molar-refractivity contribution in [2.24, 2.45) is 0 Å². The second kappa shape index (κ2) is 6.54. The summed E-state index contributed by atoms with van der Waals surface area (Å²) in [5.74, 6) is -1.60. The summed E-state index contributed by atoms with van der Waals surface area (Å²) in [6, 6.07) is 5.65. The van der Waals surface area contributed by atoms with E-state index in [0.717, 1.165) is 4.47 Å². The topological polar surface area (TPSA) is 84.2 Å². The number of carboxylic acids is 1. The molecule has 0 bridgehead atoms. The van der Waals surface area contributed by atoms with Crippen LogP contribution < -0.4 is 5.32 Å². The van der Waals surface area contributed by atoms with Crippen molar-refractivity contribution in [3.63, 3.8) is 0 Å². The molecule has 1 aromatic heterocycles. The van der Waals surface area contributed by atoms with E-state index < -0.39 is 17.9 Å². The summed E-state index contributed by atoms with van der Waals surface area (Å²) in [4.78, 5) is 23.8. The van der Waals surface area contributed by atoms with Gasteiger partial charge >= 0.3 is 5.97 Å². The first kappa shape index (κ1) is 17.2. The highest BCUT2D eigenvalue weighted by Crippen LogP contribution is 2.18. The van der Waals surface area contributed by atoms with E-state index in [1.165, 1.54) is 6.20 Å². The Hall–Kier alpha value is -2.15. The SMILES string of the molecule is CC(C)(C)n1cc(C(=O)NC(C(=O)O)c2ccc(Br)cc2)cn1. The molecule has 6 nitrogen and oxygen atoms in total. The molecule has 0 saturated heterocycles. The first-order valence-corrected chi connectivity index (χ1v) is 7.82. The van der Waals surface area contributed by atoms with Gasteiger partial charge in [0.15, 0.2) is 6.04 Å². The van der Waals surface area contributed by atoms with Gasteiger partial charge in [-0.2, -0.15) is 5.10 Å². The molecule has 0 spiro atoms. The number of benzene rings is 1. The van der Waals surface area contributed by atoms with Gasteiger partial charge in [-0.3, -0.25) is 9.48 Å². The molecule has 23 heavy (non-hydrogen) atoms. The van der Waals surface area contributed by atoms with Crippen LogP contribution in [0.2, 0.25) is 0 Å². The molecule has 122 valence electrons. The minimum absolute atomic E-state index is 0.254. The van der Waals surface area contributed by atoms with Crippen molar-refractivity contribution >= 4 is 27.8 Å². The van der Waals surface area contributed by atoms with Gasteiger partial charge in [0.05, 0.1) is 17.3 Å². The average Bonchev–Trinajstić information content (AvgIpc) is 2.95. The number of hydrogen-bond donors (Lipinski definition) is 2. The Kier molecular flexibility index (Phi) is 4.89. The third-order valence-electron chi connectivity index (χ3n) is 3.26. The summed E-state index contributed by atoms with van der Waals surface area (Å²) in [7, 11) is 0. The number of carbonyl (C=O) groups excluding carboxylic acids is 1. The van der Waals surface area contributed by atoms with Crippen LogP contribution >= 0.6 is 15.9 Å². The number of nitrogens with zero attached hydrogens (tertiary/aromatic N) is 2. The number of rotatable bonds is 4. The number of carboxylic acid groups (broad SMARTS) is 1. The van der Waals surface area contributed by atoms with Gasteiger partial charge < -0.3 is 10.4 Å². The molecule has 0 aliphatic heterocycles. The molecule has 0 fully saturated rings. The van der Waals surface area contributed by atoms with Crippen LogP contribution in [-0.2, 0) is 10.3 Å². The molecule has 1 atom stereocenters. The zero-order valence-corrected chi connectivity index (χ0v) is 14.7. The number of hydrogen-bond acceptors (Lipinski definition) is 3. The van der Waals surface area contributed by atoms with E-state index in [1.54, 1.807) is 35.1 Å². The fourth-order valence-corrected chi connectivity index (χ4v) is 2.23. The van der Waals surface area contributed by atoms with E-state index in [-0.39, 0.29) is 5.54 Å². The molecule has 2 rings (SSSR count). The molecule has 1 amide bonds. The van der Waals surface area contributed by atoms with Crippen LogP contribution in [0.15, 0.2) is 41.1 Å². The minimum atomic E-state index is -1.12. The van der Waals surface area contributed by atoms with E-state index in [9.17, 15) is 14.7 Å². The first-order chi connectivity index (χ1) is 10.7. The van der Waals surface area contributed by atoms with E-state index in [2.05, 4.69) is 26.3 Å². The van der Waals surface area contributed by atoms with Crippen LogP contribution in [0, 0.1) is 0 Å². The minimum Gasteiger partial charge on any atom is -0.479 e. The molecule has 2 N–H and O–H groups in total. The van der Waals surface area contributed by atoms with E-state index in [4.69, 9.17) is 0 Å². The predicted octanol–water partition coefficient (Wildman–Crippen LogP) is 2.96. The summed E-state index contributed by atoms with van der Waals surface area (Å²) in [5, 5.41) is 16.1. The molecule has 1 heterocycles. The Balaban J connectivity index is 2.20. The largest absolute Gasteiger partial charge is 0.479 e. The van der Waals surface area contributed by atoms with Crippen molar-refractivity contribution in [1.82, 2.24) is 15.1 Å². The van der Waals surface area contributed by atoms with Gasteiger partial charge in [-0.1, -0.05) is 28.1 Å². The van der Waals surface area contributed by atoms with Gasteiger partial charge in [0.25, 0.3) is 5.91 Å². The normalized spacial score (nSPS) is 12.7. The lowest BCUT2D eigenvalue weighted by atomic mass is 10.1. The van der Waals surface area contributed by atoms with Gasteiger partial charge in [0, 0.05) is 10.7 Å². The Morgan fingerprint density at radius 2 is 1.87 bits per heavy atom. The Morgan fingerprint density at radius 3 is 2.35 bits per heavy atom. The molecule has 0 aliphatic carbocycles. The van der Waals surface area contributed by atoms with E-state index in [1.807, 2.05) is 20.8 Å². The monoisotopic (exact) mass is 379 g/mol. The van der Waals surface area contributed by atoms with Crippen LogP contribution in [0.5, 0.6) is 0 Å². The summed E-state index contributed by atoms with van der Waals surface area (Å²) in [6.07, 6.45) is 3.04. The summed E-state index contributed by atoms with van der Waals surface area (Å²) < 4.78 is 2.50. The van der Waals surface area contributed by atoms with Gasteiger partial charge in [0.1, 0.15) is 0 Å². The van der Waals surface area contributed by atoms with Crippen LogP contribution in [0.3, 0.4) is 0 Å². The highest BCUT2D eigenvalue weighted by atomic mass is 79.9. The second-order valence-electron chi connectivity index (χ2n) is 6.14. The van der Waals surface area contributed by atoms with Crippen molar-refractivity contribution in [1.29, 1.82) is 0 Å². The Morgan fingerprint density at radius 1 is 1.26 bits per heavy atom. The van der Waals surface area contributed by atoms with Crippen molar-refractivity contribution in [3.8, 4) is 0 Å². The van der Waals surface area contributed by atoms with Gasteiger partial charge in [-0.25, -0.2) is 4.79 Å². The lowest BCUT2D eigenvalue weighted by Gasteiger charge is -2.18. The smallest absolute Gasteiger partial charge is 0.330 e. The maximum atomic E-state index is 12.3.